The topological polar surface area (TPSA) is 77.2 Å². The van der Waals surface area contributed by atoms with Crippen LogP contribution in [0.15, 0.2) is 36.5 Å². The highest BCUT2D eigenvalue weighted by Crippen LogP contribution is 2.23. The SMILES string of the molecule is C[C@@H](Oc1cccc2cccnc12)C(=O)NN. The van der Waals surface area contributed by atoms with Crippen molar-refractivity contribution >= 4 is 16.8 Å². The van der Waals surface area contributed by atoms with E-state index in [1.54, 1.807) is 19.2 Å². The number of rotatable bonds is 3. The van der Waals surface area contributed by atoms with Crippen molar-refractivity contribution in [2.24, 2.45) is 5.84 Å². The number of para-hydroxylation sites is 1. The summed E-state index contributed by atoms with van der Waals surface area (Å²) in [7, 11) is 0. The van der Waals surface area contributed by atoms with Gasteiger partial charge < -0.3 is 4.74 Å². The third kappa shape index (κ3) is 2.34. The van der Waals surface area contributed by atoms with Crippen LogP contribution in [-0.4, -0.2) is 17.0 Å². The van der Waals surface area contributed by atoms with Gasteiger partial charge in [0.2, 0.25) is 0 Å². The molecule has 0 aliphatic carbocycles. The van der Waals surface area contributed by atoms with Crippen molar-refractivity contribution in [3.63, 3.8) is 0 Å². The average Bonchev–Trinajstić information content (AvgIpc) is 2.38. The maximum atomic E-state index is 11.3. The summed E-state index contributed by atoms with van der Waals surface area (Å²) in [6.07, 6.45) is 1.02. The van der Waals surface area contributed by atoms with Gasteiger partial charge in [0.1, 0.15) is 11.3 Å². The smallest absolute Gasteiger partial charge is 0.274 e. The Morgan fingerprint density at radius 3 is 2.94 bits per heavy atom. The number of hydrogen-bond acceptors (Lipinski definition) is 4. The molecule has 2 rings (SSSR count). The largest absolute Gasteiger partial charge is 0.479 e. The van der Waals surface area contributed by atoms with Crippen molar-refractivity contribution in [2.45, 2.75) is 13.0 Å². The number of nitrogens with zero attached hydrogens (tertiary/aromatic N) is 1. The lowest BCUT2D eigenvalue weighted by Crippen LogP contribution is -2.40. The number of amides is 1. The number of benzene rings is 1. The van der Waals surface area contributed by atoms with Gasteiger partial charge in [0.15, 0.2) is 6.10 Å². The Morgan fingerprint density at radius 1 is 1.41 bits per heavy atom. The van der Waals surface area contributed by atoms with Crippen LogP contribution in [0.5, 0.6) is 5.75 Å². The first-order valence-corrected chi connectivity index (χ1v) is 5.23. The van der Waals surface area contributed by atoms with Gasteiger partial charge in [-0.3, -0.25) is 15.2 Å². The molecule has 0 aliphatic heterocycles. The van der Waals surface area contributed by atoms with Gasteiger partial charge in [-0.25, -0.2) is 5.84 Å². The van der Waals surface area contributed by atoms with E-state index in [0.29, 0.717) is 5.75 Å². The summed E-state index contributed by atoms with van der Waals surface area (Å²) in [4.78, 5) is 15.5. The first kappa shape index (κ1) is 11.3. The van der Waals surface area contributed by atoms with Gasteiger partial charge in [-0.05, 0) is 19.1 Å². The first-order valence-electron chi connectivity index (χ1n) is 5.23. The number of carbonyl (C=O) groups is 1. The van der Waals surface area contributed by atoms with Crippen molar-refractivity contribution in [3.05, 3.63) is 36.5 Å². The molecule has 0 aliphatic rings. The molecule has 0 radical (unpaired) electrons. The summed E-state index contributed by atoms with van der Waals surface area (Å²) in [5, 5.41) is 0.963. The molecule has 0 spiro atoms. The fourth-order valence-corrected chi connectivity index (χ4v) is 1.53. The summed E-state index contributed by atoms with van der Waals surface area (Å²) in [5.74, 6) is 5.24. The number of carbonyl (C=O) groups excluding carboxylic acids is 1. The maximum Gasteiger partial charge on any atom is 0.274 e. The molecular weight excluding hydrogens is 218 g/mol. The molecular formula is C12H13N3O2. The number of hydrazine groups is 1. The molecule has 0 saturated carbocycles. The predicted octanol–water partition coefficient (Wildman–Crippen LogP) is 0.992. The van der Waals surface area contributed by atoms with E-state index in [9.17, 15) is 4.79 Å². The molecule has 1 aromatic carbocycles. The zero-order valence-corrected chi connectivity index (χ0v) is 9.38. The number of nitrogens with one attached hydrogen (secondary N) is 1. The van der Waals surface area contributed by atoms with Crippen LogP contribution >= 0.6 is 0 Å². The van der Waals surface area contributed by atoms with E-state index >= 15 is 0 Å². The van der Waals surface area contributed by atoms with Gasteiger partial charge in [-0.15, -0.1) is 0 Å². The second-order valence-corrected chi connectivity index (χ2v) is 3.60. The number of aromatic nitrogens is 1. The molecule has 0 saturated heterocycles. The number of pyridine rings is 1. The molecule has 0 unspecified atom stereocenters. The van der Waals surface area contributed by atoms with E-state index in [-0.39, 0.29) is 5.91 Å². The number of hydrogen-bond donors (Lipinski definition) is 2. The minimum atomic E-state index is -0.660. The van der Waals surface area contributed by atoms with Gasteiger partial charge in [-0.2, -0.15) is 0 Å². The average molecular weight is 231 g/mol. The Bertz CT molecular complexity index is 537. The van der Waals surface area contributed by atoms with E-state index in [2.05, 4.69) is 4.98 Å². The van der Waals surface area contributed by atoms with E-state index < -0.39 is 6.10 Å². The van der Waals surface area contributed by atoms with Gasteiger partial charge in [-0.1, -0.05) is 18.2 Å². The molecule has 3 N–H and O–H groups in total. The highest BCUT2D eigenvalue weighted by molar-refractivity contribution is 5.85. The highest BCUT2D eigenvalue weighted by atomic mass is 16.5. The zero-order valence-electron chi connectivity index (χ0n) is 9.38. The summed E-state index contributed by atoms with van der Waals surface area (Å²) >= 11 is 0. The molecule has 2 aromatic rings. The fourth-order valence-electron chi connectivity index (χ4n) is 1.53. The number of fused-ring (bicyclic) bond motifs is 1. The highest BCUT2D eigenvalue weighted by Gasteiger charge is 2.14. The van der Waals surface area contributed by atoms with E-state index in [4.69, 9.17) is 10.6 Å². The normalized spacial score (nSPS) is 12.1. The van der Waals surface area contributed by atoms with Gasteiger partial charge in [0.05, 0.1) is 0 Å². The van der Waals surface area contributed by atoms with Crippen molar-refractivity contribution in [2.75, 3.05) is 0 Å². The summed E-state index contributed by atoms with van der Waals surface area (Å²) in [6.45, 7) is 1.63. The Labute approximate surface area is 98.6 Å². The van der Waals surface area contributed by atoms with Gasteiger partial charge in [0.25, 0.3) is 5.91 Å². The van der Waals surface area contributed by atoms with E-state index in [1.807, 2.05) is 29.7 Å². The Hall–Kier alpha value is -2.14. The molecule has 1 aromatic heterocycles. The van der Waals surface area contributed by atoms with Crippen molar-refractivity contribution in [1.82, 2.24) is 10.4 Å². The molecule has 88 valence electrons. The van der Waals surface area contributed by atoms with Crippen LogP contribution in [0.25, 0.3) is 10.9 Å². The zero-order chi connectivity index (χ0) is 12.3. The van der Waals surface area contributed by atoms with Crippen LogP contribution in [0.3, 0.4) is 0 Å². The van der Waals surface area contributed by atoms with Crippen LogP contribution in [0.1, 0.15) is 6.92 Å². The third-order valence-electron chi connectivity index (χ3n) is 2.41. The maximum absolute atomic E-state index is 11.3. The van der Waals surface area contributed by atoms with Crippen molar-refractivity contribution < 1.29 is 9.53 Å². The predicted molar refractivity (Wildman–Crippen MR) is 64.2 cm³/mol. The van der Waals surface area contributed by atoms with Crippen LogP contribution in [0.4, 0.5) is 0 Å². The monoisotopic (exact) mass is 231 g/mol. The summed E-state index contributed by atoms with van der Waals surface area (Å²) in [5.41, 5.74) is 2.78. The quantitative estimate of drug-likeness (QED) is 0.469. The molecule has 1 amide bonds. The standard InChI is InChI=1S/C12H13N3O2/c1-8(12(16)15-13)17-10-6-2-4-9-5-3-7-14-11(9)10/h2-8H,13H2,1H3,(H,15,16)/t8-/m1/s1. The van der Waals surface area contributed by atoms with Crippen LogP contribution in [-0.2, 0) is 4.79 Å². The molecule has 0 fully saturated rings. The summed E-state index contributed by atoms with van der Waals surface area (Å²) in [6, 6.07) is 9.34. The molecule has 5 nitrogen and oxygen atoms in total. The molecule has 17 heavy (non-hydrogen) atoms. The van der Waals surface area contributed by atoms with Gasteiger partial charge in [0, 0.05) is 11.6 Å². The minimum absolute atomic E-state index is 0.377. The minimum Gasteiger partial charge on any atom is -0.479 e. The lowest BCUT2D eigenvalue weighted by Gasteiger charge is -2.13. The van der Waals surface area contributed by atoms with Gasteiger partial charge >= 0.3 is 0 Å². The number of ether oxygens (including phenoxy) is 1. The number of nitrogens with two attached hydrogens (primary N) is 1. The lowest BCUT2D eigenvalue weighted by atomic mass is 10.2. The Balaban J connectivity index is 2.33. The second-order valence-electron chi connectivity index (χ2n) is 3.60. The van der Waals surface area contributed by atoms with Crippen molar-refractivity contribution in [1.29, 1.82) is 0 Å². The van der Waals surface area contributed by atoms with E-state index in [1.165, 1.54) is 0 Å². The lowest BCUT2D eigenvalue weighted by molar-refractivity contribution is -0.127. The third-order valence-corrected chi connectivity index (χ3v) is 2.41. The van der Waals surface area contributed by atoms with E-state index in [0.717, 1.165) is 10.9 Å². The first-order chi connectivity index (χ1) is 8.22. The van der Waals surface area contributed by atoms with Crippen LogP contribution < -0.4 is 16.0 Å². The molecule has 1 heterocycles. The molecule has 0 bridgehead atoms. The van der Waals surface area contributed by atoms with Crippen LogP contribution in [0, 0.1) is 0 Å². The van der Waals surface area contributed by atoms with Crippen LogP contribution in [0.2, 0.25) is 0 Å². The summed E-state index contributed by atoms with van der Waals surface area (Å²) < 4.78 is 5.53. The Morgan fingerprint density at radius 2 is 2.18 bits per heavy atom. The fraction of sp³-hybridized carbons (Fsp3) is 0.167. The Kier molecular flexibility index (Phi) is 3.20. The molecule has 1 atom stereocenters. The second kappa shape index (κ2) is 4.80. The molecule has 5 heteroatoms. The van der Waals surface area contributed by atoms with Crippen molar-refractivity contribution in [3.8, 4) is 5.75 Å².